The molecular formula is C16H22BrN5O2. The molecule has 3 rings (SSSR count). The maximum atomic E-state index is 11.9. The fraction of sp³-hybridized carbons (Fsp3) is 0.562. The molecule has 2 N–H and O–H groups in total. The molecule has 0 atom stereocenters. The van der Waals surface area contributed by atoms with Gasteiger partial charge in [0.15, 0.2) is 5.65 Å². The van der Waals surface area contributed by atoms with Crippen molar-refractivity contribution in [2.24, 2.45) is 0 Å². The van der Waals surface area contributed by atoms with Crippen molar-refractivity contribution in [1.29, 1.82) is 0 Å². The minimum atomic E-state index is 0.0616. The molecular weight excluding hydrogens is 374 g/mol. The van der Waals surface area contributed by atoms with E-state index in [2.05, 4.69) is 41.1 Å². The van der Waals surface area contributed by atoms with Gasteiger partial charge in [-0.2, -0.15) is 0 Å². The smallest absolute Gasteiger partial charge is 0.220 e. The largest absolute Gasteiger partial charge is 0.379 e. The minimum absolute atomic E-state index is 0.0616. The van der Waals surface area contributed by atoms with E-state index >= 15 is 0 Å². The minimum Gasteiger partial charge on any atom is -0.379 e. The molecule has 130 valence electrons. The van der Waals surface area contributed by atoms with Gasteiger partial charge in [0, 0.05) is 43.1 Å². The van der Waals surface area contributed by atoms with Crippen LogP contribution in [0.5, 0.6) is 0 Å². The quantitative estimate of drug-likeness (QED) is 0.693. The number of morpholine rings is 1. The molecule has 1 aliphatic heterocycles. The molecule has 0 spiro atoms. The fourth-order valence-electron chi connectivity index (χ4n) is 2.72. The topological polar surface area (TPSA) is 83.1 Å². The number of carbonyl (C=O) groups is 1. The van der Waals surface area contributed by atoms with E-state index in [1.165, 1.54) is 0 Å². The Hall–Kier alpha value is -1.51. The van der Waals surface area contributed by atoms with Crippen molar-refractivity contribution in [3.05, 3.63) is 22.6 Å². The summed E-state index contributed by atoms with van der Waals surface area (Å²) < 4.78 is 6.22. The molecule has 3 heterocycles. The van der Waals surface area contributed by atoms with Crippen molar-refractivity contribution in [3.8, 4) is 0 Å². The fourth-order valence-corrected chi connectivity index (χ4v) is 3.05. The molecule has 0 aliphatic carbocycles. The van der Waals surface area contributed by atoms with E-state index in [4.69, 9.17) is 4.74 Å². The van der Waals surface area contributed by atoms with Crippen LogP contribution < -0.4 is 5.32 Å². The van der Waals surface area contributed by atoms with Gasteiger partial charge in [-0.1, -0.05) is 0 Å². The first-order valence-electron chi connectivity index (χ1n) is 8.27. The van der Waals surface area contributed by atoms with Crippen molar-refractivity contribution in [2.75, 3.05) is 39.4 Å². The summed E-state index contributed by atoms with van der Waals surface area (Å²) >= 11 is 3.38. The Balaban J connectivity index is 1.35. The SMILES string of the molecule is O=C(CCc1nc2ncc(Br)cc2[nH]1)NCCCN1CCOCC1. The first-order chi connectivity index (χ1) is 11.7. The monoisotopic (exact) mass is 395 g/mol. The van der Waals surface area contributed by atoms with Crippen LogP contribution in [0.2, 0.25) is 0 Å². The lowest BCUT2D eigenvalue weighted by Crippen LogP contribution is -2.38. The van der Waals surface area contributed by atoms with Crippen molar-refractivity contribution < 1.29 is 9.53 Å². The summed E-state index contributed by atoms with van der Waals surface area (Å²) in [5, 5.41) is 2.97. The van der Waals surface area contributed by atoms with Gasteiger partial charge in [0.05, 0.1) is 18.7 Å². The van der Waals surface area contributed by atoms with E-state index in [-0.39, 0.29) is 5.91 Å². The molecule has 1 fully saturated rings. The van der Waals surface area contributed by atoms with E-state index < -0.39 is 0 Å². The molecule has 0 bridgehead atoms. The number of ether oxygens (including phenoxy) is 1. The van der Waals surface area contributed by atoms with Gasteiger partial charge in [-0.05, 0) is 35.0 Å². The molecule has 0 radical (unpaired) electrons. The Kier molecular flexibility index (Phi) is 6.17. The summed E-state index contributed by atoms with van der Waals surface area (Å²) in [6.07, 6.45) is 3.70. The number of aromatic nitrogens is 3. The number of imidazole rings is 1. The number of H-pyrrole nitrogens is 1. The average Bonchev–Trinajstić information content (AvgIpc) is 3.00. The number of hydrogen-bond donors (Lipinski definition) is 2. The van der Waals surface area contributed by atoms with E-state index in [0.29, 0.717) is 25.0 Å². The van der Waals surface area contributed by atoms with Crippen molar-refractivity contribution >= 4 is 33.0 Å². The zero-order valence-electron chi connectivity index (χ0n) is 13.6. The van der Waals surface area contributed by atoms with Crippen LogP contribution >= 0.6 is 15.9 Å². The Morgan fingerprint density at radius 1 is 1.42 bits per heavy atom. The summed E-state index contributed by atoms with van der Waals surface area (Å²) in [7, 11) is 0. The van der Waals surface area contributed by atoms with Crippen LogP contribution in [-0.4, -0.2) is 65.2 Å². The molecule has 24 heavy (non-hydrogen) atoms. The van der Waals surface area contributed by atoms with E-state index in [0.717, 1.165) is 55.1 Å². The maximum absolute atomic E-state index is 11.9. The van der Waals surface area contributed by atoms with Gasteiger partial charge in [0.2, 0.25) is 5.91 Å². The van der Waals surface area contributed by atoms with Gasteiger partial charge in [0.25, 0.3) is 0 Å². The molecule has 0 aromatic carbocycles. The second-order valence-electron chi connectivity index (χ2n) is 5.87. The number of carbonyl (C=O) groups excluding carboxylic acids is 1. The van der Waals surface area contributed by atoms with Gasteiger partial charge in [-0.25, -0.2) is 9.97 Å². The van der Waals surface area contributed by atoms with Gasteiger partial charge in [0.1, 0.15) is 5.82 Å². The highest BCUT2D eigenvalue weighted by Gasteiger charge is 2.10. The lowest BCUT2D eigenvalue weighted by molar-refractivity contribution is -0.121. The van der Waals surface area contributed by atoms with Crippen LogP contribution in [0.1, 0.15) is 18.7 Å². The molecule has 1 aliphatic rings. The van der Waals surface area contributed by atoms with Crippen LogP contribution in [0.15, 0.2) is 16.7 Å². The van der Waals surface area contributed by atoms with E-state index in [1.54, 1.807) is 6.20 Å². The molecule has 0 unspecified atom stereocenters. The number of amides is 1. The summed E-state index contributed by atoms with van der Waals surface area (Å²) in [5.41, 5.74) is 1.56. The lowest BCUT2D eigenvalue weighted by atomic mass is 10.2. The van der Waals surface area contributed by atoms with Crippen LogP contribution in [0.3, 0.4) is 0 Å². The number of fused-ring (bicyclic) bond motifs is 1. The molecule has 8 heteroatoms. The third-order valence-electron chi connectivity index (χ3n) is 4.02. The number of aryl methyl sites for hydroxylation is 1. The van der Waals surface area contributed by atoms with E-state index in [1.807, 2.05) is 6.07 Å². The Morgan fingerprint density at radius 2 is 2.25 bits per heavy atom. The molecule has 0 saturated carbocycles. The number of nitrogens with one attached hydrogen (secondary N) is 2. The van der Waals surface area contributed by atoms with Gasteiger partial charge in [-0.15, -0.1) is 0 Å². The second kappa shape index (κ2) is 8.55. The Labute approximate surface area is 149 Å². The first kappa shape index (κ1) is 17.3. The third-order valence-corrected chi connectivity index (χ3v) is 4.45. The predicted molar refractivity (Wildman–Crippen MR) is 94.8 cm³/mol. The highest BCUT2D eigenvalue weighted by molar-refractivity contribution is 9.10. The molecule has 1 saturated heterocycles. The predicted octanol–water partition coefficient (Wildman–Crippen LogP) is 1.49. The summed E-state index contributed by atoms with van der Waals surface area (Å²) in [6.45, 7) is 5.33. The van der Waals surface area contributed by atoms with Gasteiger partial charge in [-0.3, -0.25) is 9.69 Å². The van der Waals surface area contributed by atoms with Crippen LogP contribution in [0, 0.1) is 0 Å². The molecule has 2 aromatic heterocycles. The summed E-state index contributed by atoms with van der Waals surface area (Å²) in [4.78, 5) is 26.1. The molecule has 7 nitrogen and oxygen atoms in total. The van der Waals surface area contributed by atoms with E-state index in [9.17, 15) is 4.79 Å². The van der Waals surface area contributed by atoms with Crippen molar-refractivity contribution in [3.63, 3.8) is 0 Å². The van der Waals surface area contributed by atoms with Crippen molar-refractivity contribution in [2.45, 2.75) is 19.3 Å². The van der Waals surface area contributed by atoms with Gasteiger partial charge < -0.3 is 15.0 Å². The van der Waals surface area contributed by atoms with Crippen LogP contribution in [0.25, 0.3) is 11.2 Å². The average molecular weight is 396 g/mol. The standard InChI is InChI=1S/C16H22BrN5O2/c17-12-10-13-16(19-11-12)21-14(20-13)2-3-15(23)18-4-1-5-22-6-8-24-9-7-22/h10-11H,1-9H2,(H,18,23)(H,19,20,21). The summed E-state index contributed by atoms with van der Waals surface area (Å²) in [5.74, 6) is 0.852. The zero-order valence-corrected chi connectivity index (χ0v) is 15.1. The van der Waals surface area contributed by atoms with Gasteiger partial charge >= 0.3 is 0 Å². The number of nitrogens with zero attached hydrogens (tertiary/aromatic N) is 3. The second-order valence-corrected chi connectivity index (χ2v) is 6.78. The maximum Gasteiger partial charge on any atom is 0.220 e. The molecule has 1 amide bonds. The normalized spacial score (nSPS) is 15.7. The number of aromatic amines is 1. The number of pyridine rings is 1. The highest BCUT2D eigenvalue weighted by atomic mass is 79.9. The third kappa shape index (κ3) is 4.99. The highest BCUT2D eigenvalue weighted by Crippen LogP contribution is 2.15. The Bertz CT molecular complexity index is 684. The van der Waals surface area contributed by atoms with Crippen LogP contribution in [0.4, 0.5) is 0 Å². The first-order valence-corrected chi connectivity index (χ1v) is 9.07. The number of rotatable bonds is 7. The summed E-state index contributed by atoms with van der Waals surface area (Å²) in [6, 6.07) is 1.94. The number of halogens is 1. The molecule has 2 aromatic rings. The number of hydrogen-bond acceptors (Lipinski definition) is 5. The van der Waals surface area contributed by atoms with Crippen molar-refractivity contribution in [1.82, 2.24) is 25.2 Å². The lowest BCUT2D eigenvalue weighted by Gasteiger charge is -2.26. The Morgan fingerprint density at radius 3 is 3.08 bits per heavy atom. The van der Waals surface area contributed by atoms with Crippen LogP contribution in [-0.2, 0) is 16.0 Å². The zero-order chi connectivity index (χ0) is 16.8.